The van der Waals surface area contributed by atoms with Crippen LogP contribution in [0.1, 0.15) is 6.42 Å². The van der Waals surface area contributed by atoms with E-state index >= 15 is 0 Å². The van der Waals surface area contributed by atoms with Gasteiger partial charge in [0.25, 0.3) is 0 Å². The minimum atomic E-state index is 0.253. The van der Waals surface area contributed by atoms with Crippen molar-refractivity contribution >= 4 is 17.4 Å². The fourth-order valence-corrected chi connectivity index (χ4v) is 1.24. The van der Waals surface area contributed by atoms with E-state index in [2.05, 4.69) is 9.97 Å². The van der Waals surface area contributed by atoms with Crippen molar-refractivity contribution in [3.63, 3.8) is 0 Å². The van der Waals surface area contributed by atoms with Crippen LogP contribution >= 0.6 is 11.6 Å². The molecule has 0 saturated carbocycles. The third kappa shape index (κ3) is 1.49. The summed E-state index contributed by atoms with van der Waals surface area (Å²) in [4.78, 5) is 13.1. The van der Waals surface area contributed by atoms with Crippen LogP contribution in [0.25, 0.3) is 0 Å². The Morgan fingerprint density at radius 2 is 2.50 bits per heavy atom. The summed E-state index contributed by atoms with van der Waals surface area (Å²) in [6.45, 7) is 1.62. The number of hydroxylamine groups is 1. The first-order valence-electron chi connectivity index (χ1n) is 3.75. The molecule has 0 aromatic carbocycles. The Kier molecular flexibility index (Phi) is 2.10. The Morgan fingerprint density at radius 3 is 3.17 bits per heavy atom. The van der Waals surface area contributed by atoms with Gasteiger partial charge in [-0.15, -0.1) is 0 Å². The third-order valence-electron chi connectivity index (χ3n) is 1.62. The molecular weight excluding hydrogens is 178 g/mol. The van der Waals surface area contributed by atoms with Crippen molar-refractivity contribution in [2.75, 3.05) is 18.2 Å². The molecule has 12 heavy (non-hydrogen) atoms. The van der Waals surface area contributed by atoms with Gasteiger partial charge in [0, 0.05) is 18.8 Å². The summed E-state index contributed by atoms with van der Waals surface area (Å²) < 4.78 is 0. The van der Waals surface area contributed by atoms with Gasteiger partial charge in [0.2, 0.25) is 5.28 Å². The summed E-state index contributed by atoms with van der Waals surface area (Å²) in [7, 11) is 0. The van der Waals surface area contributed by atoms with Crippen LogP contribution in [-0.2, 0) is 4.84 Å². The molecule has 1 aromatic rings. The van der Waals surface area contributed by atoms with E-state index in [1.807, 2.05) is 0 Å². The number of halogens is 1. The second-order valence-electron chi connectivity index (χ2n) is 2.47. The second-order valence-corrected chi connectivity index (χ2v) is 2.81. The van der Waals surface area contributed by atoms with E-state index in [4.69, 9.17) is 16.4 Å². The largest absolute Gasteiger partial charge is 0.272 e. The molecule has 2 heterocycles. The number of anilines is 1. The van der Waals surface area contributed by atoms with Crippen LogP contribution in [0.2, 0.25) is 5.28 Å². The molecule has 0 amide bonds. The molecule has 1 fully saturated rings. The standard InChI is InChI=1S/C7H8ClN3O/c8-7-9-3-2-6(10-7)11-4-1-5-12-11/h2-3H,1,4-5H2. The van der Waals surface area contributed by atoms with E-state index in [0.717, 1.165) is 25.4 Å². The van der Waals surface area contributed by atoms with Gasteiger partial charge in [0.15, 0.2) is 5.82 Å². The Morgan fingerprint density at radius 1 is 1.58 bits per heavy atom. The predicted octanol–water partition coefficient (Wildman–Crippen LogP) is 1.27. The zero-order valence-corrected chi connectivity index (χ0v) is 7.16. The highest BCUT2D eigenvalue weighted by atomic mass is 35.5. The summed E-state index contributed by atoms with van der Waals surface area (Å²) >= 11 is 5.62. The van der Waals surface area contributed by atoms with Gasteiger partial charge in [-0.3, -0.25) is 4.84 Å². The predicted molar refractivity (Wildman–Crippen MR) is 45.0 cm³/mol. The molecule has 1 aromatic heterocycles. The number of rotatable bonds is 1. The Labute approximate surface area is 75.1 Å². The molecule has 0 radical (unpaired) electrons. The first kappa shape index (κ1) is 7.76. The van der Waals surface area contributed by atoms with Gasteiger partial charge in [-0.1, -0.05) is 0 Å². The maximum atomic E-state index is 5.62. The highest BCUT2D eigenvalue weighted by Crippen LogP contribution is 2.16. The molecule has 2 rings (SSSR count). The molecule has 64 valence electrons. The van der Waals surface area contributed by atoms with Gasteiger partial charge in [0.1, 0.15) is 0 Å². The third-order valence-corrected chi connectivity index (χ3v) is 1.80. The molecule has 0 aliphatic carbocycles. The molecule has 0 N–H and O–H groups in total. The normalized spacial score (nSPS) is 16.9. The summed E-state index contributed by atoms with van der Waals surface area (Å²) in [5.41, 5.74) is 0. The monoisotopic (exact) mass is 185 g/mol. The zero-order valence-electron chi connectivity index (χ0n) is 6.40. The number of nitrogens with zero attached hydrogens (tertiary/aromatic N) is 3. The molecule has 1 saturated heterocycles. The molecule has 1 aliphatic heterocycles. The van der Waals surface area contributed by atoms with Gasteiger partial charge < -0.3 is 0 Å². The SMILES string of the molecule is Clc1nccc(N2CCCO2)n1. The molecule has 0 bridgehead atoms. The smallest absolute Gasteiger partial charge is 0.224 e. The minimum absolute atomic E-state index is 0.253. The average Bonchev–Trinajstić information content (AvgIpc) is 2.56. The lowest BCUT2D eigenvalue weighted by atomic mass is 10.4. The van der Waals surface area contributed by atoms with E-state index in [9.17, 15) is 0 Å². The molecule has 1 aliphatic rings. The van der Waals surface area contributed by atoms with E-state index in [1.165, 1.54) is 0 Å². The van der Waals surface area contributed by atoms with Gasteiger partial charge in [-0.2, -0.15) is 4.98 Å². The first-order valence-corrected chi connectivity index (χ1v) is 4.13. The molecule has 0 atom stereocenters. The van der Waals surface area contributed by atoms with Crippen molar-refractivity contribution in [2.24, 2.45) is 0 Å². The van der Waals surface area contributed by atoms with Crippen LogP contribution in [0.15, 0.2) is 12.3 Å². The fraction of sp³-hybridized carbons (Fsp3) is 0.429. The molecule has 4 nitrogen and oxygen atoms in total. The Bertz CT molecular complexity index is 275. The van der Waals surface area contributed by atoms with E-state index in [-0.39, 0.29) is 5.28 Å². The lowest BCUT2D eigenvalue weighted by molar-refractivity contribution is 0.166. The summed E-state index contributed by atoms with van der Waals surface area (Å²) in [5, 5.41) is 1.98. The molecular formula is C7H8ClN3O. The number of hydrogen-bond acceptors (Lipinski definition) is 4. The maximum Gasteiger partial charge on any atom is 0.224 e. The lowest BCUT2D eigenvalue weighted by Gasteiger charge is -2.13. The Hall–Kier alpha value is -0.870. The lowest BCUT2D eigenvalue weighted by Crippen LogP contribution is -2.17. The van der Waals surface area contributed by atoms with Gasteiger partial charge in [-0.25, -0.2) is 10.0 Å². The summed E-state index contributed by atoms with van der Waals surface area (Å²) in [6.07, 6.45) is 2.65. The maximum absolute atomic E-state index is 5.62. The van der Waals surface area contributed by atoms with Crippen LogP contribution in [0.3, 0.4) is 0 Å². The molecule has 0 spiro atoms. The topological polar surface area (TPSA) is 38.2 Å². The van der Waals surface area contributed by atoms with Crippen LogP contribution in [0, 0.1) is 0 Å². The van der Waals surface area contributed by atoms with Crippen LogP contribution in [0.4, 0.5) is 5.82 Å². The van der Waals surface area contributed by atoms with Gasteiger partial charge in [0.05, 0.1) is 6.61 Å². The van der Waals surface area contributed by atoms with Crippen LogP contribution < -0.4 is 5.06 Å². The van der Waals surface area contributed by atoms with Crippen molar-refractivity contribution in [1.29, 1.82) is 0 Å². The van der Waals surface area contributed by atoms with Crippen molar-refractivity contribution in [3.05, 3.63) is 17.5 Å². The van der Waals surface area contributed by atoms with Crippen LogP contribution in [0.5, 0.6) is 0 Å². The Balaban J connectivity index is 2.21. The highest BCUT2D eigenvalue weighted by Gasteiger charge is 2.14. The quantitative estimate of drug-likeness (QED) is 0.618. The fourth-order valence-electron chi connectivity index (χ4n) is 1.09. The van der Waals surface area contributed by atoms with Gasteiger partial charge >= 0.3 is 0 Å². The minimum Gasteiger partial charge on any atom is -0.272 e. The van der Waals surface area contributed by atoms with Crippen LogP contribution in [-0.4, -0.2) is 23.1 Å². The van der Waals surface area contributed by atoms with E-state index in [1.54, 1.807) is 17.3 Å². The van der Waals surface area contributed by atoms with Crippen molar-refractivity contribution < 1.29 is 4.84 Å². The first-order chi connectivity index (χ1) is 5.86. The van der Waals surface area contributed by atoms with Crippen molar-refractivity contribution in [2.45, 2.75) is 6.42 Å². The highest BCUT2D eigenvalue weighted by molar-refractivity contribution is 6.28. The van der Waals surface area contributed by atoms with Crippen molar-refractivity contribution in [1.82, 2.24) is 9.97 Å². The second kappa shape index (κ2) is 3.25. The average molecular weight is 186 g/mol. The summed E-state index contributed by atoms with van der Waals surface area (Å²) in [5.74, 6) is 0.729. The van der Waals surface area contributed by atoms with E-state index < -0.39 is 0 Å². The zero-order chi connectivity index (χ0) is 8.39. The number of hydrogen-bond donors (Lipinski definition) is 0. The molecule has 0 unspecified atom stereocenters. The summed E-state index contributed by atoms with van der Waals surface area (Å²) in [6, 6.07) is 1.78. The van der Waals surface area contributed by atoms with Gasteiger partial charge in [-0.05, 0) is 18.0 Å². The molecule has 5 heteroatoms. The number of aromatic nitrogens is 2. The van der Waals surface area contributed by atoms with Crippen molar-refractivity contribution in [3.8, 4) is 0 Å². The van der Waals surface area contributed by atoms with E-state index in [0.29, 0.717) is 0 Å².